The van der Waals surface area contributed by atoms with Gasteiger partial charge in [-0.2, -0.15) is 0 Å². The van der Waals surface area contributed by atoms with Gasteiger partial charge in [0.2, 0.25) is 11.8 Å². The van der Waals surface area contributed by atoms with Crippen molar-refractivity contribution in [1.82, 2.24) is 15.5 Å². The van der Waals surface area contributed by atoms with Gasteiger partial charge in [0.15, 0.2) is 0 Å². The molecule has 0 radical (unpaired) electrons. The molecule has 3 heterocycles. The molecule has 25 heavy (non-hydrogen) atoms. The average molecular weight is 362 g/mol. The average Bonchev–Trinajstić information content (AvgIpc) is 2.92. The van der Waals surface area contributed by atoms with Crippen molar-refractivity contribution < 1.29 is 14.4 Å². The Hall–Kier alpha value is -2.18. The van der Waals surface area contributed by atoms with E-state index < -0.39 is 6.04 Å². The molecule has 1 fully saturated rings. The first-order valence-electron chi connectivity index (χ1n) is 8.31. The van der Waals surface area contributed by atoms with Gasteiger partial charge in [-0.05, 0) is 48.2 Å². The Morgan fingerprint density at radius 3 is 2.68 bits per heavy atom. The Bertz CT molecular complexity index is 775. The Morgan fingerprint density at radius 1 is 1.12 bits per heavy atom. The van der Waals surface area contributed by atoms with E-state index in [1.807, 2.05) is 12.1 Å². The summed E-state index contributed by atoms with van der Waals surface area (Å²) >= 11 is 0. The van der Waals surface area contributed by atoms with Gasteiger partial charge in [0.25, 0.3) is 5.91 Å². The van der Waals surface area contributed by atoms with Crippen LogP contribution >= 0.6 is 12.4 Å². The number of nitrogens with one attached hydrogen (secondary N) is 2. The van der Waals surface area contributed by atoms with Crippen LogP contribution in [0.25, 0.3) is 5.57 Å². The van der Waals surface area contributed by atoms with Crippen molar-refractivity contribution in [1.29, 1.82) is 0 Å². The molecular formula is C18H20ClN3O3. The maximum atomic E-state index is 12.6. The van der Waals surface area contributed by atoms with Crippen molar-refractivity contribution >= 4 is 35.7 Å². The number of imide groups is 1. The van der Waals surface area contributed by atoms with E-state index in [4.69, 9.17) is 0 Å². The number of carbonyl (C=O) groups excluding carboxylic acids is 3. The molecule has 3 aliphatic heterocycles. The Balaban J connectivity index is 0.00000182. The number of hydrogen-bond acceptors (Lipinski definition) is 4. The second-order valence-electron chi connectivity index (χ2n) is 6.46. The summed E-state index contributed by atoms with van der Waals surface area (Å²) in [5, 5.41) is 5.62. The Kier molecular flexibility index (Phi) is 4.92. The van der Waals surface area contributed by atoms with Gasteiger partial charge in [-0.3, -0.25) is 19.7 Å². The summed E-state index contributed by atoms with van der Waals surface area (Å²) in [5.41, 5.74) is 4.07. The molecule has 4 rings (SSSR count). The van der Waals surface area contributed by atoms with Crippen LogP contribution in [-0.2, 0) is 16.1 Å². The molecule has 3 aliphatic rings. The number of nitrogens with zero attached hydrogens (tertiary/aromatic N) is 1. The number of piperidine rings is 1. The van der Waals surface area contributed by atoms with Crippen molar-refractivity contribution in [2.24, 2.45) is 0 Å². The van der Waals surface area contributed by atoms with Gasteiger partial charge >= 0.3 is 0 Å². The second kappa shape index (κ2) is 6.98. The number of benzene rings is 1. The summed E-state index contributed by atoms with van der Waals surface area (Å²) in [6.07, 6.45) is 3.83. The summed E-state index contributed by atoms with van der Waals surface area (Å²) in [6, 6.07) is 5.36. The van der Waals surface area contributed by atoms with E-state index >= 15 is 0 Å². The highest BCUT2D eigenvalue weighted by Crippen LogP contribution is 2.30. The van der Waals surface area contributed by atoms with E-state index in [0.717, 1.165) is 30.6 Å². The summed E-state index contributed by atoms with van der Waals surface area (Å²) < 4.78 is 0. The minimum Gasteiger partial charge on any atom is -0.322 e. The van der Waals surface area contributed by atoms with Crippen LogP contribution in [0, 0.1) is 0 Å². The Labute approximate surface area is 152 Å². The fourth-order valence-electron chi connectivity index (χ4n) is 3.66. The fraction of sp³-hybridized carbons (Fsp3) is 0.389. The number of amides is 3. The van der Waals surface area contributed by atoms with Crippen LogP contribution in [0.2, 0.25) is 0 Å². The molecule has 0 aliphatic carbocycles. The van der Waals surface area contributed by atoms with E-state index in [9.17, 15) is 14.4 Å². The van der Waals surface area contributed by atoms with E-state index in [1.165, 1.54) is 5.57 Å². The molecule has 0 bridgehead atoms. The van der Waals surface area contributed by atoms with Crippen molar-refractivity contribution in [2.75, 3.05) is 13.1 Å². The van der Waals surface area contributed by atoms with Crippen molar-refractivity contribution in [3.8, 4) is 0 Å². The Morgan fingerprint density at radius 2 is 1.96 bits per heavy atom. The van der Waals surface area contributed by atoms with Crippen LogP contribution in [0.4, 0.5) is 0 Å². The third-order valence-corrected chi connectivity index (χ3v) is 4.96. The lowest BCUT2D eigenvalue weighted by Gasteiger charge is -2.29. The fourth-order valence-corrected chi connectivity index (χ4v) is 3.66. The third-order valence-electron chi connectivity index (χ3n) is 4.96. The standard InChI is InChI=1S/C18H19N3O3.ClH/c22-16-4-3-15(17(23)20-16)21-10-13-9-12(1-2-14(13)18(21)24)11-5-7-19-8-6-11;/h1-2,5,9,15,19H,3-4,6-8,10H2,(H,20,22,23);1H. The summed E-state index contributed by atoms with van der Waals surface area (Å²) in [7, 11) is 0. The zero-order valence-electron chi connectivity index (χ0n) is 13.7. The summed E-state index contributed by atoms with van der Waals surface area (Å²) in [5.74, 6) is -0.750. The molecule has 0 aromatic heterocycles. The molecule has 132 valence electrons. The monoisotopic (exact) mass is 361 g/mol. The molecule has 6 nitrogen and oxygen atoms in total. The maximum Gasteiger partial charge on any atom is 0.255 e. The molecule has 0 saturated carbocycles. The first-order chi connectivity index (χ1) is 11.6. The van der Waals surface area contributed by atoms with Crippen LogP contribution in [0.3, 0.4) is 0 Å². The lowest BCUT2D eigenvalue weighted by atomic mass is 9.97. The molecule has 1 saturated heterocycles. The van der Waals surface area contributed by atoms with Crippen molar-refractivity contribution in [3.05, 3.63) is 41.0 Å². The molecule has 2 N–H and O–H groups in total. The predicted molar refractivity (Wildman–Crippen MR) is 95.2 cm³/mol. The normalized spacial score (nSPS) is 22.9. The molecule has 0 spiro atoms. The molecule has 1 atom stereocenters. The quantitative estimate of drug-likeness (QED) is 0.777. The topological polar surface area (TPSA) is 78.5 Å². The first kappa shape index (κ1) is 17.6. The minimum atomic E-state index is -0.552. The summed E-state index contributed by atoms with van der Waals surface area (Å²) in [4.78, 5) is 37.6. The van der Waals surface area contributed by atoms with Gasteiger partial charge in [0.05, 0.1) is 0 Å². The highest BCUT2D eigenvalue weighted by atomic mass is 35.5. The highest BCUT2D eigenvalue weighted by molar-refractivity contribution is 6.05. The van der Waals surface area contributed by atoms with E-state index in [-0.39, 0.29) is 36.5 Å². The van der Waals surface area contributed by atoms with E-state index in [0.29, 0.717) is 18.5 Å². The highest BCUT2D eigenvalue weighted by Gasteiger charge is 2.39. The number of hydrogen-bond donors (Lipinski definition) is 2. The van der Waals surface area contributed by atoms with E-state index in [1.54, 1.807) is 4.90 Å². The molecule has 1 aromatic carbocycles. The SMILES string of the molecule is Cl.O=C1CCC(N2Cc3cc(C4=CCNCC4)ccc3C2=O)C(=O)N1. The van der Waals surface area contributed by atoms with Gasteiger partial charge in [-0.15, -0.1) is 12.4 Å². The van der Waals surface area contributed by atoms with Crippen molar-refractivity contribution in [3.63, 3.8) is 0 Å². The van der Waals surface area contributed by atoms with Gasteiger partial charge < -0.3 is 10.2 Å². The molecule has 1 aromatic rings. The van der Waals surface area contributed by atoms with Crippen LogP contribution in [0.15, 0.2) is 24.3 Å². The largest absolute Gasteiger partial charge is 0.322 e. The van der Waals surface area contributed by atoms with Gasteiger partial charge in [0.1, 0.15) is 6.04 Å². The molecule has 7 heteroatoms. The number of halogens is 1. The number of fused-ring (bicyclic) bond motifs is 1. The minimum absolute atomic E-state index is 0. The van der Waals surface area contributed by atoms with Crippen LogP contribution in [-0.4, -0.2) is 41.8 Å². The number of carbonyl (C=O) groups is 3. The van der Waals surface area contributed by atoms with E-state index in [2.05, 4.69) is 22.8 Å². The lowest BCUT2D eigenvalue weighted by Crippen LogP contribution is -2.52. The van der Waals surface area contributed by atoms with Crippen LogP contribution in [0.5, 0.6) is 0 Å². The molecule has 3 amide bonds. The predicted octanol–water partition coefficient (Wildman–Crippen LogP) is 1.25. The second-order valence-corrected chi connectivity index (χ2v) is 6.46. The zero-order chi connectivity index (χ0) is 16.7. The zero-order valence-corrected chi connectivity index (χ0v) is 14.5. The van der Waals surface area contributed by atoms with Crippen LogP contribution in [0.1, 0.15) is 40.7 Å². The van der Waals surface area contributed by atoms with Gasteiger partial charge in [-0.1, -0.05) is 12.1 Å². The molecule has 1 unspecified atom stereocenters. The van der Waals surface area contributed by atoms with Gasteiger partial charge in [-0.25, -0.2) is 0 Å². The third kappa shape index (κ3) is 3.19. The lowest BCUT2D eigenvalue weighted by molar-refractivity contribution is -0.136. The number of rotatable bonds is 2. The smallest absolute Gasteiger partial charge is 0.255 e. The first-order valence-corrected chi connectivity index (χ1v) is 8.31. The maximum absolute atomic E-state index is 12.6. The molecular weight excluding hydrogens is 342 g/mol. The van der Waals surface area contributed by atoms with Crippen LogP contribution < -0.4 is 10.6 Å². The summed E-state index contributed by atoms with van der Waals surface area (Å²) in [6.45, 7) is 2.26. The van der Waals surface area contributed by atoms with Gasteiger partial charge in [0, 0.05) is 25.1 Å². The van der Waals surface area contributed by atoms with Crippen molar-refractivity contribution in [2.45, 2.75) is 31.8 Å².